The van der Waals surface area contributed by atoms with Crippen molar-refractivity contribution in [2.24, 2.45) is 5.92 Å². The Morgan fingerprint density at radius 3 is 2.86 bits per heavy atom. The predicted octanol–water partition coefficient (Wildman–Crippen LogP) is 2.25. The molecule has 1 aliphatic carbocycles. The maximum absolute atomic E-state index is 12.2. The topological polar surface area (TPSA) is 69.6 Å². The zero-order chi connectivity index (χ0) is 15.0. The van der Waals surface area contributed by atoms with E-state index in [1.54, 1.807) is 17.0 Å². The van der Waals surface area contributed by atoms with Gasteiger partial charge in [-0.1, -0.05) is 19.4 Å². The SMILES string of the molecule is CCC1CC1NC(=O)N1CCc2ccc(C(=O)O)cc2C1. The lowest BCUT2D eigenvalue weighted by molar-refractivity contribution is 0.0696. The molecule has 5 nitrogen and oxygen atoms in total. The van der Waals surface area contributed by atoms with Crippen molar-refractivity contribution in [3.05, 3.63) is 34.9 Å². The van der Waals surface area contributed by atoms with Crippen LogP contribution >= 0.6 is 0 Å². The molecule has 1 aromatic rings. The second-order valence-electron chi connectivity index (χ2n) is 5.92. The van der Waals surface area contributed by atoms with Crippen LogP contribution < -0.4 is 5.32 Å². The first kappa shape index (κ1) is 13.9. The van der Waals surface area contributed by atoms with E-state index in [2.05, 4.69) is 12.2 Å². The van der Waals surface area contributed by atoms with E-state index in [4.69, 9.17) is 5.11 Å². The summed E-state index contributed by atoms with van der Waals surface area (Å²) in [6.45, 7) is 3.32. The van der Waals surface area contributed by atoms with E-state index < -0.39 is 5.97 Å². The Bertz CT molecular complexity index is 585. The first-order valence-corrected chi connectivity index (χ1v) is 7.49. The molecular weight excluding hydrogens is 268 g/mol. The number of carboxylic acids is 1. The molecule has 1 heterocycles. The Hall–Kier alpha value is -2.04. The van der Waals surface area contributed by atoms with Crippen molar-refractivity contribution < 1.29 is 14.7 Å². The first-order chi connectivity index (χ1) is 10.1. The highest BCUT2D eigenvalue weighted by atomic mass is 16.4. The van der Waals surface area contributed by atoms with Crippen LogP contribution in [-0.2, 0) is 13.0 Å². The molecule has 3 rings (SSSR count). The van der Waals surface area contributed by atoms with Crippen LogP contribution in [-0.4, -0.2) is 34.6 Å². The molecule has 0 spiro atoms. The van der Waals surface area contributed by atoms with Crippen molar-refractivity contribution in [3.8, 4) is 0 Å². The summed E-state index contributed by atoms with van der Waals surface area (Å²) in [6.07, 6.45) is 2.97. The van der Waals surface area contributed by atoms with Crippen LogP contribution in [0.3, 0.4) is 0 Å². The molecule has 2 unspecified atom stereocenters. The minimum Gasteiger partial charge on any atom is -0.478 e. The van der Waals surface area contributed by atoms with E-state index in [0.29, 0.717) is 25.0 Å². The molecule has 112 valence electrons. The number of aromatic carboxylic acids is 1. The van der Waals surface area contributed by atoms with Gasteiger partial charge in [0.1, 0.15) is 0 Å². The summed E-state index contributed by atoms with van der Waals surface area (Å²) in [5, 5.41) is 12.1. The average molecular weight is 288 g/mol. The molecular formula is C16H20N2O3. The molecule has 2 amide bonds. The minimum atomic E-state index is -0.928. The van der Waals surface area contributed by atoms with Gasteiger partial charge in [0.2, 0.25) is 0 Å². The van der Waals surface area contributed by atoms with Crippen LogP contribution in [0.25, 0.3) is 0 Å². The zero-order valence-electron chi connectivity index (χ0n) is 12.1. The molecule has 0 saturated heterocycles. The molecule has 1 fully saturated rings. The standard InChI is InChI=1S/C16H20N2O3/c1-2-10-8-14(10)17-16(21)18-6-5-11-3-4-12(15(19)20)7-13(11)9-18/h3-4,7,10,14H,2,5-6,8-9H2,1H3,(H,17,21)(H,19,20). The normalized spacial score (nSPS) is 23.4. The summed E-state index contributed by atoms with van der Waals surface area (Å²) >= 11 is 0. The highest BCUT2D eigenvalue weighted by molar-refractivity contribution is 5.88. The van der Waals surface area contributed by atoms with Gasteiger partial charge in [0.05, 0.1) is 5.56 Å². The molecule has 2 atom stereocenters. The third-order valence-corrected chi connectivity index (χ3v) is 4.51. The largest absolute Gasteiger partial charge is 0.478 e. The van der Waals surface area contributed by atoms with Crippen molar-refractivity contribution >= 4 is 12.0 Å². The number of hydrogen-bond donors (Lipinski definition) is 2. The summed E-state index contributed by atoms with van der Waals surface area (Å²) in [5.41, 5.74) is 2.37. The molecule has 0 radical (unpaired) electrons. The fourth-order valence-electron chi connectivity index (χ4n) is 2.99. The van der Waals surface area contributed by atoms with Crippen molar-refractivity contribution in [1.29, 1.82) is 0 Å². The fourth-order valence-corrected chi connectivity index (χ4v) is 2.99. The van der Waals surface area contributed by atoms with Crippen LogP contribution in [0, 0.1) is 5.92 Å². The lowest BCUT2D eigenvalue weighted by atomic mass is 9.97. The van der Waals surface area contributed by atoms with Crippen molar-refractivity contribution in [2.75, 3.05) is 6.54 Å². The average Bonchev–Trinajstić information content (AvgIpc) is 3.24. The van der Waals surface area contributed by atoms with Crippen LogP contribution in [0.1, 0.15) is 41.3 Å². The van der Waals surface area contributed by atoms with E-state index in [1.807, 2.05) is 6.07 Å². The Morgan fingerprint density at radius 1 is 1.38 bits per heavy atom. The first-order valence-electron chi connectivity index (χ1n) is 7.49. The van der Waals surface area contributed by atoms with Gasteiger partial charge >= 0.3 is 12.0 Å². The van der Waals surface area contributed by atoms with E-state index >= 15 is 0 Å². The Labute approximate surface area is 123 Å². The van der Waals surface area contributed by atoms with Crippen LogP contribution in [0.4, 0.5) is 4.79 Å². The number of hydrogen-bond acceptors (Lipinski definition) is 2. The number of nitrogens with zero attached hydrogens (tertiary/aromatic N) is 1. The van der Waals surface area contributed by atoms with Crippen LogP contribution in [0.15, 0.2) is 18.2 Å². The van der Waals surface area contributed by atoms with Gasteiger partial charge in [-0.3, -0.25) is 0 Å². The molecule has 1 saturated carbocycles. The van der Waals surface area contributed by atoms with Gasteiger partial charge in [-0.15, -0.1) is 0 Å². The van der Waals surface area contributed by atoms with Crippen LogP contribution in [0.5, 0.6) is 0 Å². The number of carboxylic acid groups (broad SMARTS) is 1. The van der Waals surface area contributed by atoms with Gasteiger partial charge < -0.3 is 15.3 Å². The molecule has 1 aliphatic heterocycles. The maximum Gasteiger partial charge on any atom is 0.335 e. The number of carbonyl (C=O) groups is 2. The number of rotatable bonds is 3. The second-order valence-corrected chi connectivity index (χ2v) is 5.92. The third kappa shape index (κ3) is 2.86. The number of amides is 2. The molecule has 0 aromatic heterocycles. The number of fused-ring (bicyclic) bond motifs is 1. The quantitative estimate of drug-likeness (QED) is 0.896. The Kier molecular flexibility index (Phi) is 3.57. The summed E-state index contributed by atoms with van der Waals surface area (Å²) in [7, 11) is 0. The van der Waals surface area contributed by atoms with Gasteiger partial charge in [-0.05, 0) is 42.0 Å². The molecule has 21 heavy (non-hydrogen) atoms. The molecule has 2 aliphatic rings. The fraction of sp³-hybridized carbons (Fsp3) is 0.500. The molecule has 2 N–H and O–H groups in total. The number of benzene rings is 1. The highest BCUT2D eigenvalue weighted by Gasteiger charge is 2.37. The van der Waals surface area contributed by atoms with Gasteiger partial charge in [-0.2, -0.15) is 0 Å². The number of urea groups is 1. The van der Waals surface area contributed by atoms with E-state index in [-0.39, 0.29) is 11.6 Å². The van der Waals surface area contributed by atoms with E-state index in [9.17, 15) is 9.59 Å². The summed E-state index contributed by atoms with van der Waals surface area (Å²) in [6, 6.07) is 5.48. The highest BCUT2D eigenvalue weighted by Crippen LogP contribution is 2.33. The van der Waals surface area contributed by atoms with Crippen molar-refractivity contribution in [3.63, 3.8) is 0 Å². The Balaban J connectivity index is 1.67. The lowest BCUT2D eigenvalue weighted by Crippen LogP contribution is -2.44. The van der Waals surface area contributed by atoms with Gasteiger partial charge in [-0.25, -0.2) is 9.59 Å². The maximum atomic E-state index is 12.2. The van der Waals surface area contributed by atoms with E-state index in [1.165, 1.54) is 0 Å². The lowest BCUT2D eigenvalue weighted by Gasteiger charge is -2.29. The van der Waals surface area contributed by atoms with Crippen molar-refractivity contribution in [1.82, 2.24) is 10.2 Å². The molecule has 1 aromatic carbocycles. The van der Waals surface area contributed by atoms with E-state index in [0.717, 1.165) is 30.4 Å². The monoisotopic (exact) mass is 288 g/mol. The van der Waals surface area contributed by atoms with Gasteiger partial charge in [0, 0.05) is 19.1 Å². The van der Waals surface area contributed by atoms with Gasteiger partial charge in [0.25, 0.3) is 0 Å². The summed E-state index contributed by atoms with van der Waals surface area (Å²) in [5.74, 6) is -0.298. The smallest absolute Gasteiger partial charge is 0.335 e. The third-order valence-electron chi connectivity index (χ3n) is 4.51. The van der Waals surface area contributed by atoms with Crippen LogP contribution in [0.2, 0.25) is 0 Å². The zero-order valence-corrected chi connectivity index (χ0v) is 12.1. The van der Waals surface area contributed by atoms with Crippen molar-refractivity contribution in [2.45, 2.75) is 38.8 Å². The van der Waals surface area contributed by atoms with Gasteiger partial charge in [0.15, 0.2) is 0 Å². The number of nitrogens with one attached hydrogen (secondary N) is 1. The second kappa shape index (κ2) is 5.39. The molecule has 0 bridgehead atoms. The predicted molar refractivity (Wildman–Crippen MR) is 78.2 cm³/mol. The number of carbonyl (C=O) groups excluding carboxylic acids is 1. The molecule has 5 heteroatoms. The Morgan fingerprint density at radius 2 is 2.19 bits per heavy atom. The summed E-state index contributed by atoms with van der Waals surface area (Å²) in [4.78, 5) is 25.0. The minimum absolute atomic E-state index is 0.0256. The summed E-state index contributed by atoms with van der Waals surface area (Å²) < 4.78 is 0.